The second-order valence-corrected chi connectivity index (χ2v) is 8.91. The van der Waals surface area contributed by atoms with Gasteiger partial charge in [0.05, 0.1) is 23.6 Å². The average Bonchev–Trinajstić information content (AvgIpc) is 2.87. The molecule has 0 bridgehead atoms. The van der Waals surface area contributed by atoms with Crippen molar-refractivity contribution in [3.8, 4) is 17.1 Å². The number of aromatic nitrogens is 3. The van der Waals surface area contributed by atoms with E-state index in [1.54, 1.807) is 17.2 Å². The second-order valence-electron chi connectivity index (χ2n) is 8.91. The van der Waals surface area contributed by atoms with Crippen LogP contribution in [0.4, 0.5) is 18.9 Å². The number of piperidine rings is 1. The van der Waals surface area contributed by atoms with Crippen LogP contribution in [0.25, 0.3) is 11.3 Å². The van der Waals surface area contributed by atoms with Gasteiger partial charge in [0, 0.05) is 37.3 Å². The number of fused-ring (bicyclic) bond motifs is 2. The summed E-state index contributed by atoms with van der Waals surface area (Å²) in [4.78, 5) is 36.8. The zero-order valence-corrected chi connectivity index (χ0v) is 19.5. The van der Waals surface area contributed by atoms with Gasteiger partial charge in [-0.15, -0.1) is 0 Å². The molecule has 0 saturated carbocycles. The third-order valence-corrected chi connectivity index (χ3v) is 6.84. The fraction of sp³-hybridized carbons (Fsp3) is 0.360. The minimum Gasteiger partial charge on any atom is -0.477 e. The Balaban J connectivity index is 1.46. The van der Waals surface area contributed by atoms with Crippen LogP contribution >= 0.6 is 0 Å². The number of carbonyl (C=O) groups is 1. The molecule has 5 heterocycles. The van der Waals surface area contributed by atoms with Crippen LogP contribution in [0, 0.1) is 0 Å². The van der Waals surface area contributed by atoms with E-state index in [0.29, 0.717) is 61.9 Å². The molecular weight excluding hydrogens is 475 g/mol. The lowest BCUT2D eigenvalue weighted by Crippen LogP contribution is -2.53. The van der Waals surface area contributed by atoms with Crippen molar-refractivity contribution in [1.82, 2.24) is 20.3 Å². The van der Waals surface area contributed by atoms with Crippen molar-refractivity contribution in [1.29, 1.82) is 0 Å². The molecular formula is C25H24F3N5O3. The number of carbonyl (C=O) groups excluding carboxylic acids is 1. The number of halogens is 3. The maximum absolute atomic E-state index is 13.6. The molecule has 1 fully saturated rings. The van der Waals surface area contributed by atoms with Gasteiger partial charge in [-0.1, -0.05) is 6.07 Å². The Hall–Kier alpha value is -3.89. The van der Waals surface area contributed by atoms with Crippen LogP contribution in [0.5, 0.6) is 5.88 Å². The number of rotatable bonds is 4. The summed E-state index contributed by atoms with van der Waals surface area (Å²) in [5.41, 5.74) is -0.0374. The van der Waals surface area contributed by atoms with Crippen LogP contribution in [-0.2, 0) is 11.6 Å². The van der Waals surface area contributed by atoms with Crippen molar-refractivity contribution in [3.05, 3.63) is 69.9 Å². The number of nitrogens with one attached hydrogen (secondary N) is 2. The summed E-state index contributed by atoms with van der Waals surface area (Å²) in [5.74, 6) is 0.134. The Bertz CT molecular complexity index is 1360. The number of pyridine rings is 3. The van der Waals surface area contributed by atoms with Crippen LogP contribution in [-0.4, -0.2) is 47.1 Å². The number of H-pyrrole nitrogens is 1. The van der Waals surface area contributed by atoms with Gasteiger partial charge in [-0.25, -0.2) is 9.97 Å². The smallest absolute Gasteiger partial charge is 0.433 e. The average molecular weight is 499 g/mol. The Morgan fingerprint density at radius 3 is 2.61 bits per heavy atom. The Morgan fingerprint density at radius 2 is 1.89 bits per heavy atom. The van der Waals surface area contributed by atoms with E-state index in [-0.39, 0.29) is 11.6 Å². The van der Waals surface area contributed by atoms with Crippen molar-refractivity contribution < 1.29 is 22.7 Å². The van der Waals surface area contributed by atoms with E-state index in [9.17, 15) is 22.8 Å². The highest BCUT2D eigenvalue weighted by molar-refractivity contribution is 5.96. The molecule has 8 nitrogen and oxygen atoms in total. The highest BCUT2D eigenvalue weighted by atomic mass is 19.4. The van der Waals surface area contributed by atoms with Crippen LogP contribution in [0.2, 0.25) is 0 Å². The Morgan fingerprint density at radius 1 is 1.11 bits per heavy atom. The SMILES string of the molecule is CCOc1ncccc1-c1ccc2c(n1)C(=O)NCC21CCN(c2ccc(=O)[nH]c2C(F)(F)F)CC1. The van der Waals surface area contributed by atoms with Gasteiger partial charge in [-0.3, -0.25) is 9.59 Å². The second kappa shape index (κ2) is 8.96. The number of alkyl halides is 3. The van der Waals surface area contributed by atoms with E-state index in [2.05, 4.69) is 15.3 Å². The predicted molar refractivity (Wildman–Crippen MR) is 126 cm³/mol. The molecule has 1 amide bonds. The van der Waals surface area contributed by atoms with E-state index >= 15 is 0 Å². The first-order valence-electron chi connectivity index (χ1n) is 11.7. The molecule has 11 heteroatoms. The Labute approximate surface area is 204 Å². The molecule has 188 valence electrons. The van der Waals surface area contributed by atoms with E-state index in [4.69, 9.17) is 4.74 Å². The van der Waals surface area contributed by atoms with Gasteiger partial charge in [-0.2, -0.15) is 13.2 Å². The van der Waals surface area contributed by atoms with Crippen LogP contribution in [0.1, 0.15) is 41.5 Å². The summed E-state index contributed by atoms with van der Waals surface area (Å²) in [6, 6.07) is 9.62. The van der Waals surface area contributed by atoms with Crippen molar-refractivity contribution >= 4 is 11.6 Å². The van der Waals surface area contributed by atoms with Crippen molar-refractivity contribution in [2.24, 2.45) is 0 Å². The first-order chi connectivity index (χ1) is 17.2. The van der Waals surface area contributed by atoms with Crippen LogP contribution in [0.15, 0.2) is 47.4 Å². The number of hydrogen-bond acceptors (Lipinski definition) is 6. The molecule has 1 spiro atoms. The number of anilines is 1. The lowest BCUT2D eigenvalue weighted by Gasteiger charge is -2.45. The molecule has 1 saturated heterocycles. The highest BCUT2D eigenvalue weighted by Gasteiger charge is 2.44. The molecule has 3 aromatic heterocycles. The maximum atomic E-state index is 13.6. The van der Waals surface area contributed by atoms with E-state index in [1.807, 2.05) is 30.1 Å². The number of nitrogens with zero attached hydrogens (tertiary/aromatic N) is 3. The van der Waals surface area contributed by atoms with Crippen molar-refractivity contribution in [3.63, 3.8) is 0 Å². The number of amides is 1. The zero-order chi connectivity index (χ0) is 25.5. The third-order valence-electron chi connectivity index (χ3n) is 6.84. The molecule has 2 aliphatic heterocycles. The summed E-state index contributed by atoms with van der Waals surface area (Å²) in [7, 11) is 0. The van der Waals surface area contributed by atoms with E-state index in [1.165, 1.54) is 6.07 Å². The Kier molecular flexibility index (Phi) is 5.93. The molecule has 0 atom stereocenters. The lowest BCUT2D eigenvalue weighted by atomic mass is 9.70. The van der Waals surface area contributed by atoms with E-state index in [0.717, 1.165) is 11.6 Å². The van der Waals surface area contributed by atoms with Gasteiger partial charge in [0.15, 0.2) is 0 Å². The maximum Gasteiger partial charge on any atom is 0.433 e. The third kappa shape index (κ3) is 4.18. The standard InChI is InChI=1S/C25H24F3N5O3/c1-2-36-23-15(4-3-11-29-23)17-6-5-16-20(31-17)22(35)30-14-24(16)9-12-33(13-10-24)18-7-8-19(34)32-21(18)25(26,27)28/h3-8,11H,2,9-10,12-14H2,1H3,(H,30,35)(H,32,34). The van der Waals surface area contributed by atoms with Crippen molar-refractivity contribution in [2.75, 3.05) is 31.1 Å². The zero-order valence-electron chi connectivity index (χ0n) is 19.5. The molecule has 0 aliphatic carbocycles. The van der Waals surface area contributed by atoms with Crippen molar-refractivity contribution in [2.45, 2.75) is 31.4 Å². The van der Waals surface area contributed by atoms with Gasteiger partial charge in [0.2, 0.25) is 11.4 Å². The monoisotopic (exact) mass is 499 g/mol. The molecule has 3 aromatic rings. The molecule has 0 unspecified atom stereocenters. The quantitative estimate of drug-likeness (QED) is 0.570. The first-order valence-corrected chi connectivity index (χ1v) is 11.7. The van der Waals surface area contributed by atoms with E-state index < -0.39 is 22.8 Å². The summed E-state index contributed by atoms with van der Waals surface area (Å²) >= 11 is 0. The minimum atomic E-state index is -4.68. The molecule has 2 N–H and O–H groups in total. The number of ether oxygens (including phenoxy) is 1. The summed E-state index contributed by atoms with van der Waals surface area (Å²) in [5, 5.41) is 2.92. The fourth-order valence-electron chi connectivity index (χ4n) is 5.04. The largest absolute Gasteiger partial charge is 0.477 e. The molecule has 5 rings (SSSR count). The predicted octanol–water partition coefficient (Wildman–Crippen LogP) is 3.53. The minimum absolute atomic E-state index is 0.0504. The topological polar surface area (TPSA) is 100 Å². The normalized spacial score (nSPS) is 17.0. The summed E-state index contributed by atoms with van der Waals surface area (Å²) < 4.78 is 46.3. The molecule has 36 heavy (non-hydrogen) atoms. The number of hydrogen-bond donors (Lipinski definition) is 2. The fourth-order valence-corrected chi connectivity index (χ4v) is 5.04. The van der Waals surface area contributed by atoms with Gasteiger partial charge in [0.1, 0.15) is 11.4 Å². The van der Waals surface area contributed by atoms with Crippen LogP contribution < -0.4 is 20.5 Å². The van der Waals surface area contributed by atoms with Gasteiger partial charge in [-0.05, 0) is 49.6 Å². The summed E-state index contributed by atoms with van der Waals surface area (Å²) in [6.07, 6.45) is -2.04. The van der Waals surface area contributed by atoms with Gasteiger partial charge >= 0.3 is 6.18 Å². The van der Waals surface area contributed by atoms with Gasteiger partial charge < -0.3 is 19.9 Å². The number of aromatic amines is 1. The highest BCUT2D eigenvalue weighted by Crippen LogP contribution is 2.42. The van der Waals surface area contributed by atoms with Crippen LogP contribution in [0.3, 0.4) is 0 Å². The molecule has 2 aliphatic rings. The lowest BCUT2D eigenvalue weighted by molar-refractivity contribution is -0.140. The molecule has 0 aromatic carbocycles. The van der Waals surface area contributed by atoms with Gasteiger partial charge in [0.25, 0.3) is 5.91 Å². The first kappa shape index (κ1) is 23.8. The molecule has 0 radical (unpaired) electrons. The summed E-state index contributed by atoms with van der Waals surface area (Å²) in [6.45, 7) is 3.31.